The minimum Gasteiger partial charge on any atom is -0.365 e. The maximum Gasteiger partial charge on any atom is 0.0678 e. The molecule has 0 atom stereocenters. The van der Waals surface area contributed by atoms with Crippen molar-refractivity contribution in [3.8, 4) is 0 Å². The molecular weight excluding hydrogens is 220 g/mol. The van der Waals surface area contributed by atoms with Crippen LogP contribution in [0.15, 0.2) is 12.3 Å². The topological polar surface area (TPSA) is 15.3 Å². The highest BCUT2D eigenvalue weighted by atomic mass is 15.2. The molecule has 1 heterocycles. The van der Waals surface area contributed by atoms with Crippen LogP contribution in [-0.4, -0.2) is 24.7 Å². The third kappa shape index (κ3) is 8.57. The summed E-state index contributed by atoms with van der Waals surface area (Å²) >= 11 is 0. The van der Waals surface area contributed by atoms with E-state index in [1.54, 1.807) is 0 Å². The summed E-state index contributed by atoms with van der Waals surface area (Å²) in [5.74, 6) is 0. The molecule has 0 aromatic heterocycles. The van der Waals surface area contributed by atoms with Crippen molar-refractivity contribution >= 4 is 0 Å². The van der Waals surface area contributed by atoms with Crippen LogP contribution in [0.4, 0.5) is 0 Å². The quantitative estimate of drug-likeness (QED) is 0.552. The number of hydrogen-bond donors (Lipinski definition) is 1. The molecule has 0 radical (unpaired) electrons. The molecule has 0 aliphatic carbocycles. The van der Waals surface area contributed by atoms with Crippen LogP contribution in [0.2, 0.25) is 0 Å². The summed E-state index contributed by atoms with van der Waals surface area (Å²) in [6.45, 7) is 5.58. The lowest BCUT2D eigenvalue weighted by molar-refractivity contribution is 0.325. The van der Waals surface area contributed by atoms with Gasteiger partial charge in [-0.25, -0.2) is 0 Å². The Hall–Kier alpha value is -0.500. The largest absolute Gasteiger partial charge is 0.365 e. The number of nitrogens with one attached hydrogen (secondary N) is 1. The predicted molar refractivity (Wildman–Crippen MR) is 80.6 cm³/mol. The Labute approximate surface area is 114 Å². The first-order valence-electron chi connectivity index (χ1n) is 8.05. The van der Waals surface area contributed by atoms with E-state index in [-0.39, 0.29) is 0 Å². The molecule has 0 aromatic rings. The van der Waals surface area contributed by atoms with Gasteiger partial charge in [-0.05, 0) is 12.6 Å². The van der Waals surface area contributed by atoms with Gasteiger partial charge < -0.3 is 4.90 Å². The van der Waals surface area contributed by atoms with Gasteiger partial charge in [0.15, 0.2) is 0 Å². The van der Waals surface area contributed by atoms with Crippen LogP contribution < -0.4 is 5.32 Å². The fourth-order valence-electron chi connectivity index (χ4n) is 2.50. The molecule has 1 aliphatic heterocycles. The van der Waals surface area contributed by atoms with Crippen molar-refractivity contribution in [2.24, 2.45) is 0 Å². The van der Waals surface area contributed by atoms with Crippen molar-refractivity contribution in [1.29, 1.82) is 0 Å². The van der Waals surface area contributed by atoms with Crippen molar-refractivity contribution in [3.63, 3.8) is 0 Å². The van der Waals surface area contributed by atoms with Crippen molar-refractivity contribution in [2.75, 3.05) is 19.8 Å². The van der Waals surface area contributed by atoms with E-state index >= 15 is 0 Å². The summed E-state index contributed by atoms with van der Waals surface area (Å²) in [4.78, 5) is 2.38. The molecule has 0 saturated carbocycles. The van der Waals surface area contributed by atoms with E-state index in [4.69, 9.17) is 0 Å². The molecule has 0 aromatic carbocycles. The normalized spacial score (nSPS) is 15.3. The zero-order valence-corrected chi connectivity index (χ0v) is 12.3. The van der Waals surface area contributed by atoms with E-state index < -0.39 is 0 Å². The molecule has 2 heteroatoms. The van der Waals surface area contributed by atoms with Crippen LogP contribution in [0.1, 0.15) is 71.1 Å². The summed E-state index contributed by atoms with van der Waals surface area (Å²) in [6.07, 6.45) is 18.7. The van der Waals surface area contributed by atoms with Gasteiger partial charge in [-0.2, -0.15) is 0 Å². The summed E-state index contributed by atoms with van der Waals surface area (Å²) in [6, 6.07) is 0. The van der Waals surface area contributed by atoms with Crippen molar-refractivity contribution in [2.45, 2.75) is 71.1 Å². The first-order chi connectivity index (χ1) is 8.93. The highest BCUT2D eigenvalue weighted by Crippen LogP contribution is 2.10. The van der Waals surface area contributed by atoms with Gasteiger partial charge in [0.1, 0.15) is 0 Å². The van der Waals surface area contributed by atoms with Gasteiger partial charge in [-0.15, -0.1) is 0 Å². The fraction of sp³-hybridized carbons (Fsp3) is 0.875. The molecule has 1 N–H and O–H groups in total. The number of nitrogens with zero attached hydrogens (tertiary/aromatic N) is 1. The molecule has 0 fully saturated rings. The van der Waals surface area contributed by atoms with Gasteiger partial charge in [-0.3, -0.25) is 5.32 Å². The van der Waals surface area contributed by atoms with Gasteiger partial charge in [0.2, 0.25) is 0 Å². The summed E-state index contributed by atoms with van der Waals surface area (Å²) in [5, 5.41) is 3.36. The lowest BCUT2D eigenvalue weighted by Crippen LogP contribution is -2.34. The smallest absolute Gasteiger partial charge is 0.0678 e. The van der Waals surface area contributed by atoms with E-state index in [1.165, 1.54) is 70.8 Å². The molecule has 18 heavy (non-hydrogen) atoms. The molecule has 106 valence electrons. The fourth-order valence-corrected chi connectivity index (χ4v) is 2.50. The standard InChI is InChI=1S/C16H32N2/c1-2-3-4-5-6-7-8-9-10-11-14-18-15-12-13-17-16-18/h12,15,17H,2-11,13-14,16H2,1H3. The van der Waals surface area contributed by atoms with Gasteiger partial charge in [-0.1, -0.05) is 70.8 Å². The molecule has 1 rings (SSSR count). The van der Waals surface area contributed by atoms with Crippen molar-refractivity contribution in [3.05, 3.63) is 12.3 Å². The predicted octanol–water partition coefficient (Wildman–Crippen LogP) is 4.28. The molecule has 0 spiro atoms. The first kappa shape index (κ1) is 15.6. The van der Waals surface area contributed by atoms with Crippen LogP contribution in [0, 0.1) is 0 Å². The van der Waals surface area contributed by atoms with Gasteiger partial charge in [0, 0.05) is 13.1 Å². The van der Waals surface area contributed by atoms with Crippen LogP contribution in [0.25, 0.3) is 0 Å². The molecular formula is C16H32N2. The Morgan fingerprint density at radius 1 is 0.889 bits per heavy atom. The zero-order valence-electron chi connectivity index (χ0n) is 12.3. The lowest BCUT2D eigenvalue weighted by Gasteiger charge is -2.23. The molecule has 2 nitrogen and oxygen atoms in total. The summed E-state index contributed by atoms with van der Waals surface area (Å²) in [7, 11) is 0. The molecule has 1 aliphatic rings. The maximum absolute atomic E-state index is 3.36. The average molecular weight is 252 g/mol. The first-order valence-corrected chi connectivity index (χ1v) is 8.05. The third-order valence-electron chi connectivity index (χ3n) is 3.69. The zero-order chi connectivity index (χ0) is 12.9. The molecule has 0 unspecified atom stereocenters. The lowest BCUT2D eigenvalue weighted by atomic mass is 10.1. The van der Waals surface area contributed by atoms with Crippen LogP contribution >= 0.6 is 0 Å². The number of rotatable bonds is 11. The highest BCUT2D eigenvalue weighted by molar-refractivity contribution is 4.88. The summed E-state index contributed by atoms with van der Waals surface area (Å²) in [5.41, 5.74) is 0. The van der Waals surface area contributed by atoms with E-state index in [0.29, 0.717) is 0 Å². The van der Waals surface area contributed by atoms with Gasteiger partial charge in [0.05, 0.1) is 6.67 Å². The van der Waals surface area contributed by atoms with Gasteiger partial charge >= 0.3 is 0 Å². The van der Waals surface area contributed by atoms with Crippen LogP contribution in [0.5, 0.6) is 0 Å². The van der Waals surface area contributed by atoms with Gasteiger partial charge in [0.25, 0.3) is 0 Å². The van der Waals surface area contributed by atoms with E-state index in [9.17, 15) is 0 Å². The number of hydrogen-bond acceptors (Lipinski definition) is 2. The van der Waals surface area contributed by atoms with E-state index in [2.05, 4.69) is 29.4 Å². The summed E-state index contributed by atoms with van der Waals surface area (Å²) < 4.78 is 0. The second kappa shape index (κ2) is 11.6. The second-order valence-electron chi connectivity index (χ2n) is 5.49. The molecule has 0 bridgehead atoms. The molecule has 0 saturated heterocycles. The van der Waals surface area contributed by atoms with Crippen LogP contribution in [0.3, 0.4) is 0 Å². The van der Waals surface area contributed by atoms with Crippen molar-refractivity contribution in [1.82, 2.24) is 10.2 Å². The highest BCUT2D eigenvalue weighted by Gasteiger charge is 2.01. The minimum atomic E-state index is 1.04. The second-order valence-corrected chi connectivity index (χ2v) is 5.49. The Kier molecular flexibility index (Phi) is 10.0. The van der Waals surface area contributed by atoms with Crippen molar-refractivity contribution < 1.29 is 0 Å². The molecule has 0 amide bonds. The van der Waals surface area contributed by atoms with Crippen LogP contribution in [-0.2, 0) is 0 Å². The van der Waals surface area contributed by atoms with E-state index in [1.807, 2.05) is 0 Å². The third-order valence-corrected chi connectivity index (χ3v) is 3.69. The number of unbranched alkanes of at least 4 members (excludes halogenated alkanes) is 9. The Balaban J connectivity index is 1.75. The van der Waals surface area contributed by atoms with E-state index in [0.717, 1.165) is 13.2 Å². The maximum atomic E-state index is 3.36. The Bertz CT molecular complexity index is 201. The SMILES string of the molecule is CCCCCCCCCCCCN1C=CCNC1. The monoisotopic (exact) mass is 252 g/mol. The average Bonchev–Trinajstić information content (AvgIpc) is 2.42. The Morgan fingerprint density at radius 3 is 2.06 bits per heavy atom. The minimum absolute atomic E-state index is 1.04. The Morgan fingerprint density at radius 2 is 1.50 bits per heavy atom.